The van der Waals surface area contributed by atoms with Crippen LogP contribution in [-0.2, 0) is 14.8 Å². The lowest BCUT2D eigenvalue weighted by Crippen LogP contribution is -2.37. The molecular weight excluding hydrogens is 318 g/mol. The summed E-state index contributed by atoms with van der Waals surface area (Å²) in [7, 11) is 1.76. The highest BCUT2D eigenvalue weighted by molar-refractivity contribution is 7.89. The maximum absolute atomic E-state index is 12.1. The van der Waals surface area contributed by atoms with Gasteiger partial charge in [-0.1, -0.05) is 12.1 Å². The van der Waals surface area contributed by atoms with Crippen LogP contribution < -0.4 is 9.88 Å². The quantitative estimate of drug-likeness (QED) is 0.797. The van der Waals surface area contributed by atoms with Crippen LogP contribution in [0, 0.1) is 0 Å². The summed E-state index contributed by atoms with van der Waals surface area (Å²) in [6.07, 6.45) is -0.0401. The SMILES string of the molecule is COc1ccc(C(CN2CC(S(N)(=O)=O)CC2=O)N(C)C)cc1. The van der Waals surface area contributed by atoms with Crippen molar-refractivity contribution in [1.29, 1.82) is 0 Å². The van der Waals surface area contributed by atoms with Crippen molar-refractivity contribution >= 4 is 15.9 Å². The molecule has 1 heterocycles. The molecule has 0 spiro atoms. The van der Waals surface area contributed by atoms with Gasteiger partial charge in [0.15, 0.2) is 0 Å². The average molecular weight is 341 g/mol. The number of amides is 1. The summed E-state index contributed by atoms with van der Waals surface area (Å²) in [4.78, 5) is 15.7. The number of sulfonamides is 1. The Balaban J connectivity index is 2.15. The lowest BCUT2D eigenvalue weighted by atomic mass is 10.1. The molecule has 1 aromatic carbocycles. The Hall–Kier alpha value is -1.64. The highest BCUT2D eigenvalue weighted by atomic mass is 32.2. The van der Waals surface area contributed by atoms with E-state index in [1.54, 1.807) is 12.0 Å². The normalized spacial score (nSPS) is 20.1. The maximum atomic E-state index is 12.1. The van der Waals surface area contributed by atoms with Crippen molar-refractivity contribution in [1.82, 2.24) is 9.80 Å². The summed E-state index contributed by atoms with van der Waals surface area (Å²) in [5, 5.41) is 4.36. The van der Waals surface area contributed by atoms with Crippen LogP contribution in [0.5, 0.6) is 5.75 Å². The van der Waals surface area contributed by atoms with Gasteiger partial charge in [-0.3, -0.25) is 4.79 Å². The molecule has 128 valence electrons. The topological polar surface area (TPSA) is 92.9 Å². The summed E-state index contributed by atoms with van der Waals surface area (Å²) in [5.41, 5.74) is 1.03. The second kappa shape index (κ2) is 6.86. The van der Waals surface area contributed by atoms with E-state index in [0.717, 1.165) is 11.3 Å². The summed E-state index contributed by atoms with van der Waals surface area (Å²) in [5.74, 6) is 0.585. The minimum atomic E-state index is -3.69. The predicted molar refractivity (Wildman–Crippen MR) is 87.5 cm³/mol. The molecule has 1 saturated heterocycles. The molecule has 1 fully saturated rings. The van der Waals surface area contributed by atoms with Gasteiger partial charge >= 0.3 is 0 Å². The zero-order valence-corrected chi connectivity index (χ0v) is 14.4. The summed E-state index contributed by atoms with van der Waals surface area (Å²) >= 11 is 0. The molecule has 1 amide bonds. The zero-order chi connectivity index (χ0) is 17.2. The van der Waals surface area contributed by atoms with Gasteiger partial charge in [-0.2, -0.15) is 0 Å². The van der Waals surface area contributed by atoms with Crippen molar-refractivity contribution in [2.75, 3.05) is 34.3 Å². The molecular formula is C15H23N3O4S. The van der Waals surface area contributed by atoms with Crippen LogP contribution in [0.25, 0.3) is 0 Å². The Bertz CT molecular complexity index is 658. The van der Waals surface area contributed by atoms with E-state index in [1.165, 1.54) is 0 Å². The Morgan fingerprint density at radius 3 is 2.39 bits per heavy atom. The molecule has 8 heteroatoms. The molecule has 23 heavy (non-hydrogen) atoms. The molecule has 0 saturated carbocycles. The lowest BCUT2D eigenvalue weighted by Gasteiger charge is -2.29. The predicted octanol–water partition coefficient (Wildman–Crippen LogP) is 0.187. The van der Waals surface area contributed by atoms with Crippen molar-refractivity contribution in [2.45, 2.75) is 17.7 Å². The van der Waals surface area contributed by atoms with Gasteiger partial charge in [0.1, 0.15) is 11.0 Å². The first-order valence-corrected chi connectivity index (χ1v) is 8.93. The second-order valence-corrected chi connectivity index (χ2v) is 7.81. The molecule has 2 rings (SSSR count). The number of hydrogen-bond acceptors (Lipinski definition) is 5. The van der Waals surface area contributed by atoms with Gasteiger partial charge in [0.25, 0.3) is 0 Å². The molecule has 2 atom stereocenters. The van der Waals surface area contributed by atoms with Gasteiger partial charge in [-0.05, 0) is 31.8 Å². The summed E-state index contributed by atoms with van der Waals surface area (Å²) in [6, 6.07) is 7.59. The van der Waals surface area contributed by atoms with Crippen molar-refractivity contribution in [3.8, 4) is 5.75 Å². The van der Waals surface area contributed by atoms with E-state index in [1.807, 2.05) is 43.3 Å². The number of benzene rings is 1. The molecule has 1 aliphatic rings. The Kier molecular flexibility index (Phi) is 5.28. The van der Waals surface area contributed by atoms with Crippen molar-refractivity contribution in [3.63, 3.8) is 0 Å². The van der Waals surface area contributed by atoms with Crippen LogP contribution >= 0.6 is 0 Å². The van der Waals surface area contributed by atoms with Gasteiger partial charge < -0.3 is 14.5 Å². The van der Waals surface area contributed by atoms with Crippen LogP contribution in [0.2, 0.25) is 0 Å². The van der Waals surface area contributed by atoms with E-state index in [4.69, 9.17) is 9.88 Å². The Morgan fingerprint density at radius 2 is 1.96 bits per heavy atom. The first-order chi connectivity index (χ1) is 10.7. The number of likely N-dealkylation sites (N-methyl/N-ethyl adjacent to an activating group) is 1. The monoisotopic (exact) mass is 341 g/mol. The van der Waals surface area contributed by atoms with Crippen LogP contribution in [0.1, 0.15) is 18.0 Å². The van der Waals surface area contributed by atoms with E-state index in [0.29, 0.717) is 6.54 Å². The minimum Gasteiger partial charge on any atom is -0.497 e. The average Bonchev–Trinajstić information content (AvgIpc) is 2.86. The van der Waals surface area contributed by atoms with Crippen LogP contribution in [-0.4, -0.2) is 63.7 Å². The minimum absolute atomic E-state index is 0.0379. The van der Waals surface area contributed by atoms with Crippen molar-refractivity contribution in [2.24, 2.45) is 5.14 Å². The number of hydrogen-bond donors (Lipinski definition) is 1. The number of primary sulfonamides is 1. The number of carbonyl (C=O) groups is 1. The number of ether oxygens (including phenoxy) is 1. The number of nitrogens with two attached hydrogens (primary N) is 1. The highest BCUT2D eigenvalue weighted by Crippen LogP contribution is 2.25. The van der Waals surface area contributed by atoms with E-state index in [-0.39, 0.29) is 24.9 Å². The summed E-state index contributed by atoms with van der Waals surface area (Å²) in [6.45, 7) is 0.572. The smallest absolute Gasteiger partial charge is 0.224 e. The Labute approximate surface area is 137 Å². The van der Waals surface area contributed by atoms with Gasteiger partial charge in [-0.25, -0.2) is 13.6 Å². The van der Waals surface area contributed by atoms with Crippen molar-refractivity contribution < 1.29 is 17.9 Å². The third-order valence-electron chi connectivity index (χ3n) is 4.16. The fraction of sp³-hybridized carbons (Fsp3) is 0.533. The molecule has 1 aliphatic heterocycles. The van der Waals surface area contributed by atoms with Crippen molar-refractivity contribution in [3.05, 3.63) is 29.8 Å². The fourth-order valence-corrected chi connectivity index (χ4v) is 3.50. The van der Waals surface area contributed by atoms with E-state index < -0.39 is 15.3 Å². The third kappa shape index (κ3) is 4.21. The molecule has 7 nitrogen and oxygen atoms in total. The van der Waals surface area contributed by atoms with Crippen LogP contribution in [0.4, 0.5) is 0 Å². The van der Waals surface area contributed by atoms with E-state index in [9.17, 15) is 13.2 Å². The van der Waals surface area contributed by atoms with Crippen LogP contribution in [0.3, 0.4) is 0 Å². The molecule has 2 unspecified atom stereocenters. The molecule has 2 N–H and O–H groups in total. The number of likely N-dealkylation sites (tertiary alicyclic amines) is 1. The van der Waals surface area contributed by atoms with Gasteiger partial charge in [0.05, 0.1) is 13.2 Å². The molecule has 0 aliphatic carbocycles. The largest absolute Gasteiger partial charge is 0.497 e. The van der Waals surface area contributed by atoms with E-state index in [2.05, 4.69) is 0 Å². The fourth-order valence-electron chi connectivity index (χ4n) is 2.73. The van der Waals surface area contributed by atoms with Gasteiger partial charge in [-0.15, -0.1) is 0 Å². The Morgan fingerprint density at radius 1 is 1.35 bits per heavy atom. The number of methoxy groups -OCH3 is 1. The molecule has 0 aromatic heterocycles. The van der Waals surface area contributed by atoms with Gasteiger partial charge in [0.2, 0.25) is 15.9 Å². The van der Waals surface area contributed by atoms with Crippen LogP contribution in [0.15, 0.2) is 24.3 Å². The standard InChI is InChI=1S/C15H23N3O4S/c1-17(2)14(11-4-6-12(22-3)7-5-11)10-18-9-13(8-15(18)19)23(16,20)21/h4-7,13-14H,8-10H2,1-3H3,(H2,16,20,21). The van der Waals surface area contributed by atoms with E-state index >= 15 is 0 Å². The summed E-state index contributed by atoms with van der Waals surface area (Å²) < 4.78 is 28.1. The maximum Gasteiger partial charge on any atom is 0.224 e. The first-order valence-electron chi connectivity index (χ1n) is 7.32. The third-order valence-corrected chi connectivity index (χ3v) is 5.41. The second-order valence-electron chi connectivity index (χ2n) is 5.97. The zero-order valence-electron chi connectivity index (χ0n) is 13.6. The number of rotatable bonds is 6. The number of nitrogens with zero attached hydrogens (tertiary/aromatic N) is 2. The van der Waals surface area contributed by atoms with Gasteiger partial charge in [0, 0.05) is 19.5 Å². The number of carbonyl (C=O) groups excluding carboxylic acids is 1. The molecule has 1 aromatic rings. The first kappa shape index (κ1) is 17.7. The molecule has 0 radical (unpaired) electrons. The molecule has 0 bridgehead atoms. The highest BCUT2D eigenvalue weighted by Gasteiger charge is 2.37. The lowest BCUT2D eigenvalue weighted by molar-refractivity contribution is -0.128.